The molecule has 3 nitrogen and oxygen atoms in total. The van der Waals surface area contributed by atoms with E-state index >= 15 is 0 Å². The average molecular weight is 238 g/mol. The fourth-order valence-electron chi connectivity index (χ4n) is 2.28. The summed E-state index contributed by atoms with van der Waals surface area (Å²) < 4.78 is 19.0. The van der Waals surface area contributed by atoms with E-state index < -0.39 is 0 Å². The molecule has 0 spiro atoms. The van der Waals surface area contributed by atoms with E-state index in [1.54, 1.807) is 19.2 Å². The molecule has 0 aromatic heterocycles. The van der Waals surface area contributed by atoms with Crippen LogP contribution in [0.25, 0.3) is 0 Å². The maximum Gasteiger partial charge on any atom is 0.129 e. The molecule has 1 atom stereocenters. The van der Waals surface area contributed by atoms with Crippen molar-refractivity contribution in [1.82, 2.24) is 4.90 Å². The van der Waals surface area contributed by atoms with Crippen LogP contribution in [0.1, 0.15) is 18.4 Å². The number of ether oxygens (including phenoxy) is 1. The van der Waals surface area contributed by atoms with Crippen molar-refractivity contribution >= 4 is 5.69 Å². The van der Waals surface area contributed by atoms with Gasteiger partial charge in [0, 0.05) is 31.5 Å². The second-order valence-electron chi connectivity index (χ2n) is 4.59. The van der Waals surface area contributed by atoms with E-state index in [1.807, 2.05) is 0 Å². The highest BCUT2D eigenvalue weighted by Gasteiger charge is 2.20. The maximum atomic E-state index is 13.6. The van der Waals surface area contributed by atoms with E-state index in [4.69, 9.17) is 10.5 Å². The van der Waals surface area contributed by atoms with Crippen molar-refractivity contribution in [3.8, 4) is 0 Å². The molecular formula is C13H19FN2O. The summed E-state index contributed by atoms with van der Waals surface area (Å²) in [6, 6.07) is 4.89. The first-order chi connectivity index (χ1) is 8.19. The summed E-state index contributed by atoms with van der Waals surface area (Å²) in [5, 5.41) is 0. The van der Waals surface area contributed by atoms with Crippen LogP contribution >= 0.6 is 0 Å². The molecule has 2 N–H and O–H groups in total. The van der Waals surface area contributed by atoms with Gasteiger partial charge in [0.15, 0.2) is 0 Å². The monoisotopic (exact) mass is 238 g/mol. The Kier molecular flexibility index (Phi) is 3.97. The van der Waals surface area contributed by atoms with E-state index in [2.05, 4.69) is 4.90 Å². The van der Waals surface area contributed by atoms with E-state index in [1.165, 1.54) is 6.07 Å². The highest BCUT2D eigenvalue weighted by atomic mass is 19.1. The lowest BCUT2D eigenvalue weighted by atomic mass is 10.1. The molecule has 1 aromatic rings. The second kappa shape index (κ2) is 5.47. The zero-order valence-electron chi connectivity index (χ0n) is 10.2. The molecule has 1 unspecified atom stereocenters. The summed E-state index contributed by atoms with van der Waals surface area (Å²) in [6.45, 7) is 2.51. The average Bonchev–Trinajstić information content (AvgIpc) is 2.33. The van der Waals surface area contributed by atoms with E-state index in [9.17, 15) is 4.39 Å². The van der Waals surface area contributed by atoms with Gasteiger partial charge in [0.2, 0.25) is 0 Å². The third-order valence-corrected chi connectivity index (χ3v) is 3.27. The minimum absolute atomic E-state index is 0.218. The fourth-order valence-corrected chi connectivity index (χ4v) is 2.28. The molecule has 0 aliphatic carbocycles. The number of benzene rings is 1. The Hall–Kier alpha value is -1.13. The van der Waals surface area contributed by atoms with Crippen molar-refractivity contribution in [2.45, 2.75) is 25.5 Å². The Balaban J connectivity index is 2.00. The Labute approximate surface area is 101 Å². The van der Waals surface area contributed by atoms with Crippen LogP contribution < -0.4 is 5.73 Å². The van der Waals surface area contributed by atoms with Crippen molar-refractivity contribution in [1.29, 1.82) is 0 Å². The van der Waals surface area contributed by atoms with Crippen LogP contribution in [0.2, 0.25) is 0 Å². The largest absolute Gasteiger partial charge is 0.399 e. The van der Waals surface area contributed by atoms with E-state index in [-0.39, 0.29) is 11.9 Å². The van der Waals surface area contributed by atoms with Crippen LogP contribution in [0.15, 0.2) is 18.2 Å². The molecule has 17 heavy (non-hydrogen) atoms. The summed E-state index contributed by atoms with van der Waals surface area (Å²) in [5.41, 5.74) is 6.71. The van der Waals surface area contributed by atoms with Gasteiger partial charge in [0.05, 0.1) is 6.10 Å². The number of likely N-dealkylation sites (tertiary alicyclic amines) is 1. The first kappa shape index (κ1) is 12.3. The van der Waals surface area contributed by atoms with Crippen molar-refractivity contribution in [3.63, 3.8) is 0 Å². The molecule has 2 rings (SSSR count). The van der Waals surface area contributed by atoms with Gasteiger partial charge in [0.25, 0.3) is 0 Å². The normalized spacial score (nSPS) is 21.6. The molecule has 1 saturated heterocycles. The summed E-state index contributed by atoms with van der Waals surface area (Å²) >= 11 is 0. The van der Waals surface area contributed by atoms with E-state index in [0.717, 1.165) is 25.9 Å². The number of halogens is 1. The SMILES string of the molecule is COC1CCCN(Cc2ccc(N)cc2F)C1. The number of anilines is 1. The number of nitrogens with zero attached hydrogens (tertiary/aromatic N) is 1. The van der Waals surface area contributed by atoms with Crippen LogP contribution in [-0.4, -0.2) is 31.2 Å². The van der Waals surface area contributed by atoms with Crippen LogP contribution in [0.3, 0.4) is 0 Å². The fraction of sp³-hybridized carbons (Fsp3) is 0.538. The second-order valence-corrected chi connectivity index (χ2v) is 4.59. The first-order valence-corrected chi connectivity index (χ1v) is 5.98. The van der Waals surface area contributed by atoms with Gasteiger partial charge in [-0.1, -0.05) is 6.07 Å². The quantitative estimate of drug-likeness (QED) is 0.819. The van der Waals surface area contributed by atoms with Gasteiger partial charge in [-0.25, -0.2) is 4.39 Å². The standard InChI is InChI=1S/C13H19FN2O/c1-17-12-3-2-6-16(9-12)8-10-4-5-11(15)7-13(10)14/h4-5,7,12H,2-3,6,8-9,15H2,1H3. The van der Waals surface area contributed by atoms with E-state index in [0.29, 0.717) is 17.8 Å². The lowest BCUT2D eigenvalue weighted by Crippen LogP contribution is -2.38. The van der Waals surface area contributed by atoms with Gasteiger partial charge in [-0.2, -0.15) is 0 Å². The number of nitrogens with two attached hydrogens (primary N) is 1. The minimum atomic E-state index is -0.218. The molecule has 1 aromatic carbocycles. The maximum absolute atomic E-state index is 13.6. The lowest BCUT2D eigenvalue weighted by molar-refractivity contribution is 0.0282. The van der Waals surface area contributed by atoms with Crippen molar-refractivity contribution in [2.24, 2.45) is 0 Å². The van der Waals surface area contributed by atoms with Crippen LogP contribution in [0, 0.1) is 5.82 Å². The molecule has 0 radical (unpaired) electrons. The van der Waals surface area contributed by atoms with Crippen molar-refractivity contribution < 1.29 is 9.13 Å². The topological polar surface area (TPSA) is 38.5 Å². The Morgan fingerprint density at radius 3 is 3.06 bits per heavy atom. The molecule has 4 heteroatoms. The third-order valence-electron chi connectivity index (χ3n) is 3.27. The number of hydrogen-bond acceptors (Lipinski definition) is 3. The lowest BCUT2D eigenvalue weighted by Gasteiger charge is -2.31. The number of methoxy groups -OCH3 is 1. The highest BCUT2D eigenvalue weighted by Crippen LogP contribution is 2.18. The van der Waals surface area contributed by atoms with Gasteiger partial charge in [-0.3, -0.25) is 4.90 Å². The molecule has 0 bridgehead atoms. The predicted molar refractivity (Wildman–Crippen MR) is 66.1 cm³/mol. The number of nitrogen functional groups attached to an aromatic ring is 1. The van der Waals surface area contributed by atoms with Crippen LogP contribution in [-0.2, 0) is 11.3 Å². The summed E-state index contributed by atoms with van der Waals surface area (Å²) in [7, 11) is 1.73. The van der Waals surface area contributed by atoms with Crippen LogP contribution in [0.4, 0.5) is 10.1 Å². The zero-order valence-corrected chi connectivity index (χ0v) is 10.2. The van der Waals surface area contributed by atoms with Crippen LogP contribution in [0.5, 0.6) is 0 Å². The van der Waals surface area contributed by atoms with Gasteiger partial charge in [-0.05, 0) is 31.5 Å². The van der Waals surface area contributed by atoms with Crippen molar-refractivity contribution in [3.05, 3.63) is 29.6 Å². The summed E-state index contributed by atoms with van der Waals surface area (Å²) in [4.78, 5) is 2.23. The zero-order chi connectivity index (χ0) is 12.3. The Morgan fingerprint density at radius 2 is 2.35 bits per heavy atom. The minimum Gasteiger partial charge on any atom is -0.399 e. The number of rotatable bonds is 3. The summed E-state index contributed by atoms with van der Waals surface area (Å²) in [6.07, 6.45) is 2.48. The van der Waals surface area contributed by atoms with Gasteiger partial charge >= 0.3 is 0 Å². The molecule has 0 amide bonds. The molecule has 1 aliphatic heterocycles. The van der Waals surface area contributed by atoms with Gasteiger partial charge < -0.3 is 10.5 Å². The smallest absolute Gasteiger partial charge is 0.129 e. The summed E-state index contributed by atoms with van der Waals surface area (Å²) in [5.74, 6) is -0.218. The molecule has 0 saturated carbocycles. The Bertz CT molecular complexity index is 384. The molecule has 94 valence electrons. The van der Waals surface area contributed by atoms with Gasteiger partial charge in [-0.15, -0.1) is 0 Å². The van der Waals surface area contributed by atoms with Gasteiger partial charge in [0.1, 0.15) is 5.82 Å². The number of hydrogen-bond donors (Lipinski definition) is 1. The Morgan fingerprint density at radius 1 is 1.53 bits per heavy atom. The molecule has 1 fully saturated rings. The number of piperidine rings is 1. The first-order valence-electron chi connectivity index (χ1n) is 5.98. The third kappa shape index (κ3) is 3.17. The molecular weight excluding hydrogens is 219 g/mol. The predicted octanol–water partition coefficient (Wildman–Crippen LogP) is 2.02. The highest BCUT2D eigenvalue weighted by molar-refractivity contribution is 5.40. The molecule has 1 heterocycles. The molecule has 1 aliphatic rings. The van der Waals surface area contributed by atoms with Crippen molar-refractivity contribution in [2.75, 3.05) is 25.9 Å².